The number of rotatable bonds is 2. The summed E-state index contributed by atoms with van der Waals surface area (Å²) in [5.41, 5.74) is 0. The maximum atomic E-state index is 10.8. The molecular formula is C7H11BrO2. The van der Waals surface area contributed by atoms with E-state index >= 15 is 0 Å². The molecule has 1 aliphatic carbocycles. The number of hydrogen-bond acceptors (Lipinski definition) is 2. The lowest BCUT2D eigenvalue weighted by Gasteiger charge is -2.34. The largest absolute Gasteiger partial charge is 0.469 e. The van der Waals surface area contributed by atoms with Crippen LogP contribution in [0.4, 0.5) is 0 Å². The van der Waals surface area contributed by atoms with Crippen molar-refractivity contribution < 1.29 is 9.53 Å². The van der Waals surface area contributed by atoms with Gasteiger partial charge >= 0.3 is 5.97 Å². The molecule has 1 saturated carbocycles. The minimum Gasteiger partial charge on any atom is -0.469 e. The molecule has 0 aromatic carbocycles. The smallest absolute Gasteiger partial charge is 0.306 e. The predicted octanol–water partition coefficient (Wildman–Crippen LogP) is 1.87. The Bertz CT molecular complexity index is 141. The molecule has 0 heterocycles. The molecule has 3 heteroatoms. The molecule has 0 atom stereocenters. The molecule has 58 valence electrons. The molecule has 0 spiro atoms. The Morgan fingerprint density at radius 1 is 1.70 bits per heavy atom. The third-order valence-corrected chi connectivity index (χ3v) is 3.01. The van der Waals surface area contributed by atoms with Crippen LogP contribution in [0.2, 0.25) is 0 Å². The van der Waals surface area contributed by atoms with Crippen molar-refractivity contribution in [3.05, 3.63) is 0 Å². The van der Waals surface area contributed by atoms with Crippen LogP contribution < -0.4 is 0 Å². The van der Waals surface area contributed by atoms with E-state index in [1.54, 1.807) is 0 Å². The minimum absolute atomic E-state index is 0.0834. The van der Waals surface area contributed by atoms with Crippen molar-refractivity contribution in [3.63, 3.8) is 0 Å². The summed E-state index contributed by atoms with van der Waals surface area (Å²) in [5.74, 6) is -0.114. The lowest BCUT2D eigenvalue weighted by atomic mass is 9.83. The lowest BCUT2D eigenvalue weighted by molar-refractivity contribution is -0.141. The normalized spacial score (nSPS) is 21.4. The Kier molecular flexibility index (Phi) is 2.34. The van der Waals surface area contributed by atoms with Gasteiger partial charge in [-0.3, -0.25) is 4.79 Å². The average Bonchev–Trinajstić information content (AvgIpc) is 1.84. The number of hydrogen-bond donors (Lipinski definition) is 0. The highest BCUT2D eigenvalue weighted by atomic mass is 79.9. The fourth-order valence-corrected chi connectivity index (χ4v) is 1.86. The SMILES string of the molecule is COC(=O)CC1(Br)CCC1. The standard InChI is InChI=1S/C7H11BrO2/c1-10-6(9)5-7(8)3-2-4-7/h2-5H2,1H3. The fourth-order valence-electron chi connectivity index (χ4n) is 1.07. The highest BCUT2D eigenvalue weighted by molar-refractivity contribution is 9.10. The molecule has 0 N–H and O–H groups in total. The van der Waals surface area contributed by atoms with E-state index in [-0.39, 0.29) is 10.3 Å². The van der Waals surface area contributed by atoms with Crippen molar-refractivity contribution in [2.75, 3.05) is 7.11 Å². The van der Waals surface area contributed by atoms with E-state index in [0.717, 1.165) is 12.8 Å². The van der Waals surface area contributed by atoms with Gasteiger partial charge in [-0.05, 0) is 12.8 Å². The fraction of sp³-hybridized carbons (Fsp3) is 0.857. The van der Waals surface area contributed by atoms with E-state index in [9.17, 15) is 4.79 Å². The summed E-state index contributed by atoms with van der Waals surface area (Å²) in [6.07, 6.45) is 3.94. The van der Waals surface area contributed by atoms with E-state index in [4.69, 9.17) is 0 Å². The van der Waals surface area contributed by atoms with Crippen LogP contribution in [0.25, 0.3) is 0 Å². The second kappa shape index (κ2) is 2.91. The molecule has 10 heavy (non-hydrogen) atoms. The Morgan fingerprint density at radius 2 is 2.30 bits per heavy atom. The molecule has 0 aromatic rings. The van der Waals surface area contributed by atoms with E-state index in [1.807, 2.05) is 0 Å². The summed E-state index contributed by atoms with van der Waals surface area (Å²) in [7, 11) is 1.43. The number of carbonyl (C=O) groups is 1. The van der Waals surface area contributed by atoms with Crippen LogP contribution in [0.3, 0.4) is 0 Å². The summed E-state index contributed by atoms with van der Waals surface area (Å²) in [5, 5.41) is 0. The number of halogens is 1. The maximum Gasteiger partial charge on any atom is 0.306 e. The highest BCUT2D eigenvalue weighted by Gasteiger charge is 2.36. The number of ether oxygens (including phenoxy) is 1. The van der Waals surface area contributed by atoms with Gasteiger partial charge in [0.15, 0.2) is 0 Å². The summed E-state index contributed by atoms with van der Waals surface area (Å²) in [4.78, 5) is 10.8. The van der Waals surface area contributed by atoms with Crippen molar-refractivity contribution in [1.29, 1.82) is 0 Å². The molecule has 0 bridgehead atoms. The van der Waals surface area contributed by atoms with Gasteiger partial charge in [0.25, 0.3) is 0 Å². The zero-order valence-corrected chi connectivity index (χ0v) is 7.61. The second-order valence-corrected chi connectivity index (χ2v) is 4.44. The summed E-state index contributed by atoms with van der Waals surface area (Å²) < 4.78 is 4.64. The molecule has 0 saturated heterocycles. The van der Waals surface area contributed by atoms with Crippen LogP contribution in [0.15, 0.2) is 0 Å². The van der Waals surface area contributed by atoms with Gasteiger partial charge in [-0.1, -0.05) is 22.4 Å². The van der Waals surface area contributed by atoms with Gasteiger partial charge in [-0.2, -0.15) is 0 Å². The van der Waals surface area contributed by atoms with Gasteiger partial charge in [0.05, 0.1) is 13.5 Å². The van der Waals surface area contributed by atoms with Gasteiger partial charge in [-0.25, -0.2) is 0 Å². The summed E-state index contributed by atoms with van der Waals surface area (Å²) >= 11 is 3.51. The molecular weight excluding hydrogens is 196 g/mol. The van der Waals surface area contributed by atoms with Crippen molar-refractivity contribution in [2.45, 2.75) is 30.0 Å². The minimum atomic E-state index is -0.114. The number of methoxy groups -OCH3 is 1. The monoisotopic (exact) mass is 206 g/mol. The van der Waals surface area contributed by atoms with Crippen molar-refractivity contribution in [3.8, 4) is 0 Å². The average molecular weight is 207 g/mol. The first-order chi connectivity index (χ1) is 4.66. The lowest BCUT2D eigenvalue weighted by Crippen LogP contribution is -2.32. The third kappa shape index (κ3) is 1.72. The first-order valence-corrected chi connectivity index (χ1v) is 4.21. The van der Waals surface area contributed by atoms with Crippen LogP contribution in [0, 0.1) is 0 Å². The molecule has 1 rings (SSSR count). The van der Waals surface area contributed by atoms with Gasteiger partial charge in [-0.15, -0.1) is 0 Å². The Labute approximate surface area is 69.1 Å². The molecule has 0 radical (unpaired) electrons. The predicted molar refractivity (Wildman–Crippen MR) is 42.1 cm³/mol. The first-order valence-electron chi connectivity index (χ1n) is 3.42. The molecule has 0 aromatic heterocycles. The number of carbonyl (C=O) groups excluding carboxylic acids is 1. The first kappa shape index (κ1) is 8.05. The highest BCUT2D eigenvalue weighted by Crippen LogP contribution is 2.42. The Morgan fingerprint density at radius 3 is 2.60 bits per heavy atom. The Balaban J connectivity index is 2.29. The molecule has 0 aliphatic heterocycles. The van der Waals surface area contributed by atoms with Crippen molar-refractivity contribution >= 4 is 21.9 Å². The van der Waals surface area contributed by atoms with Crippen LogP contribution in [0.1, 0.15) is 25.7 Å². The number of alkyl halides is 1. The Hall–Kier alpha value is -0.0500. The van der Waals surface area contributed by atoms with Gasteiger partial charge in [0.1, 0.15) is 0 Å². The van der Waals surface area contributed by atoms with Crippen molar-refractivity contribution in [1.82, 2.24) is 0 Å². The van der Waals surface area contributed by atoms with Crippen LogP contribution in [-0.2, 0) is 9.53 Å². The zero-order chi connectivity index (χ0) is 7.61. The maximum absolute atomic E-state index is 10.8. The van der Waals surface area contributed by atoms with E-state index in [1.165, 1.54) is 13.5 Å². The van der Waals surface area contributed by atoms with Gasteiger partial charge < -0.3 is 4.74 Å². The van der Waals surface area contributed by atoms with Gasteiger partial charge in [0.2, 0.25) is 0 Å². The van der Waals surface area contributed by atoms with Gasteiger partial charge in [0, 0.05) is 4.32 Å². The second-order valence-electron chi connectivity index (χ2n) is 2.76. The van der Waals surface area contributed by atoms with E-state index < -0.39 is 0 Å². The topological polar surface area (TPSA) is 26.3 Å². The summed E-state index contributed by atoms with van der Waals surface area (Å²) in [6, 6.07) is 0. The molecule has 1 fully saturated rings. The summed E-state index contributed by atoms with van der Waals surface area (Å²) in [6.45, 7) is 0. The quantitative estimate of drug-likeness (QED) is 0.510. The van der Waals surface area contributed by atoms with Crippen LogP contribution >= 0.6 is 15.9 Å². The van der Waals surface area contributed by atoms with E-state index in [2.05, 4.69) is 20.7 Å². The van der Waals surface area contributed by atoms with E-state index in [0.29, 0.717) is 6.42 Å². The molecule has 2 nitrogen and oxygen atoms in total. The molecule has 0 unspecified atom stereocenters. The number of esters is 1. The van der Waals surface area contributed by atoms with Crippen LogP contribution in [-0.4, -0.2) is 17.4 Å². The molecule has 1 aliphatic rings. The third-order valence-electron chi connectivity index (χ3n) is 1.94. The zero-order valence-electron chi connectivity index (χ0n) is 6.02. The molecule has 0 amide bonds. The van der Waals surface area contributed by atoms with Crippen molar-refractivity contribution in [2.24, 2.45) is 0 Å². The van der Waals surface area contributed by atoms with Crippen LogP contribution in [0.5, 0.6) is 0 Å².